The average Bonchev–Trinajstić information content (AvgIpc) is 2.70. The van der Waals surface area contributed by atoms with Gasteiger partial charge in [0.25, 0.3) is 0 Å². The molecule has 0 aromatic heterocycles. The van der Waals surface area contributed by atoms with Gasteiger partial charge in [-0.3, -0.25) is 0 Å². The van der Waals surface area contributed by atoms with Crippen LogP contribution in [0.15, 0.2) is 64.5 Å². The summed E-state index contributed by atoms with van der Waals surface area (Å²) >= 11 is 0. The fourth-order valence-corrected chi connectivity index (χ4v) is 3.85. The highest BCUT2D eigenvalue weighted by Gasteiger charge is 2.20. The van der Waals surface area contributed by atoms with Crippen LogP contribution in [0.1, 0.15) is 30.9 Å². The molecular formula is C21H31IN4O2S. The Bertz CT molecular complexity index is 887. The molecule has 29 heavy (non-hydrogen) atoms. The first-order valence-corrected chi connectivity index (χ1v) is 10.9. The first-order chi connectivity index (χ1) is 13.4. The van der Waals surface area contributed by atoms with Gasteiger partial charge < -0.3 is 10.6 Å². The Morgan fingerprint density at radius 2 is 1.66 bits per heavy atom. The van der Waals surface area contributed by atoms with Crippen LogP contribution in [0.25, 0.3) is 0 Å². The van der Waals surface area contributed by atoms with Crippen LogP contribution in [0.2, 0.25) is 0 Å². The third-order valence-corrected chi connectivity index (χ3v) is 6.34. The molecule has 0 aliphatic carbocycles. The van der Waals surface area contributed by atoms with E-state index in [-0.39, 0.29) is 35.4 Å². The molecule has 0 aliphatic heterocycles. The van der Waals surface area contributed by atoms with E-state index in [1.165, 1.54) is 24.0 Å². The maximum absolute atomic E-state index is 12.5. The van der Waals surface area contributed by atoms with Gasteiger partial charge >= 0.3 is 0 Å². The molecule has 0 spiro atoms. The zero-order chi connectivity index (χ0) is 20.6. The molecule has 0 aliphatic rings. The maximum atomic E-state index is 12.5. The summed E-state index contributed by atoms with van der Waals surface area (Å²) in [5.41, 5.74) is 1.93. The molecule has 8 heteroatoms. The second kappa shape index (κ2) is 12.1. The number of nitrogens with one attached hydrogen (secondary N) is 2. The fourth-order valence-electron chi connectivity index (χ4n) is 2.74. The van der Waals surface area contributed by atoms with Crippen LogP contribution in [0.4, 0.5) is 0 Å². The summed E-state index contributed by atoms with van der Waals surface area (Å²) in [6.45, 7) is 5.89. The topological polar surface area (TPSA) is 73.8 Å². The largest absolute Gasteiger partial charge is 0.357 e. The van der Waals surface area contributed by atoms with Crippen LogP contribution in [-0.2, 0) is 16.6 Å². The lowest BCUT2D eigenvalue weighted by molar-refractivity contribution is 0.519. The Hall–Kier alpha value is -1.65. The van der Waals surface area contributed by atoms with Gasteiger partial charge in [0.15, 0.2) is 5.96 Å². The molecule has 0 bridgehead atoms. The second-order valence-electron chi connectivity index (χ2n) is 6.78. The van der Waals surface area contributed by atoms with E-state index >= 15 is 0 Å². The maximum Gasteiger partial charge on any atom is 0.242 e. The Morgan fingerprint density at radius 3 is 2.28 bits per heavy atom. The number of aliphatic imine (C=N–C) groups is 1. The van der Waals surface area contributed by atoms with Crippen molar-refractivity contribution in [3.8, 4) is 0 Å². The van der Waals surface area contributed by atoms with Crippen LogP contribution in [0, 0.1) is 0 Å². The lowest BCUT2D eigenvalue weighted by Crippen LogP contribution is -2.39. The molecule has 0 amide bonds. The smallest absolute Gasteiger partial charge is 0.242 e. The number of benzene rings is 2. The predicted octanol–water partition coefficient (Wildman–Crippen LogP) is 3.41. The standard InChI is InChI=1S/C21H30N4O2S.HI/c1-5-22-21(23-15-17(2)18-11-7-6-8-12-18)24-16-19-13-9-10-14-20(19)28(26,27)25(3)4;/h6-14,17H,5,15-16H2,1-4H3,(H2,22,23,24);1H. The molecule has 2 rings (SSSR count). The van der Waals surface area contributed by atoms with E-state index in [1.54, 1.807) is 18.2 Å². The van der Waals surface area contributed by atoms with Crippen molar-refractivity contribution in [2.45, 2.75) is 31.2 Å². The molecule has 2 aromatic carbocycles. The number of sulfonamides is 1. The van der Waals surface area contributed by atoms with Gasteiger partial charge in [0.2, 0.25) is 10.0 Å². The van der Waals surface area contributed by atoms with E-state index in [9.17, 15) is 8.42 Å². The Kier molecular flexibility index (Phi) is 10.6. The minimum atomic E-state index is -3.51. The third-order valence-electron chi connectivity index (χ3n) is 4.43. The molecule has 1 atom stereocenters. The molecule has 0 radical (unpaired) electrons. The van der Waals surface area contributed by atoms with Gasteiger partial charge in [0.05, 0.1) is 11.4 Å². The summed E-state index contributed by atoms with van der Waals surface area (Å²) in [7, 11) is -0.439. The molecule has 1 unspecified atom stereocenters. The molecule has 2 N–H and O–H groups in total. The van der Waals surface area contributed by atoms with Crippen LogP contribution in [0.3, 0.4) is 0 Å². The summed E-state index contributed by atoms with van der Waals surface area (Å²) in [4.78, 5) is 4.88. The van der Waals surface area contributed by atoms with E-state index in [1.807, 2.05) is 31.2 Å². The second-order valence-corrected chi connectivity index (χ2v) is 8.90. The summed E-state index contributed by atoms with van der Waals surface area (Å²) < 4.78 is 26.3. The van der Waals surface area contributed by atoms with Crippen molar-refractivity contribution < 1.29 is 8.42 Å². The van der Waals surface area contributed by atoms with E-state index in [0.29, 0.717) is 17.4 Å². The van der Waals surface area contributed by atoms with Crippen molar-refractivity contribution in [3.63, 3.8) is 0 Å². The van der Waals surface area contributed by atoms with Gasteiger partial charge in [-0.1, -0.05) is 55.5 Å². The predicted molar refractivity (Wildman–Crippen MR) is 130 cm³/mol. The van der Waals surface area contributed by atoms with Gasteiger partial charge in [-0.05, 0) is 30.0 Å². The van der Waals surface area contributed by atoms with E-state index in [0.717, 1.165) is 13.1 Å². The zero-order valence-corrected chi connectivity index (χ0v) is 20.6. The monoisotopic (exact) mass is 530 g/mol. The minimum Gasteiger partial charge on any atom is -0.357 e. The average molecular weight is 530 g/mol. The van der Waals surface area contributed by atoms with Crippen LogP contribution in [0.5, 0.6) is 0 Å². The first-order valence-electron chi connectivity index (χ1n) is 9.43. The summed E-state index contributed by atoms with van der Waals surface area (Å²) in [5.74, 6) is 0.994. The van der Waals surface area contributed by atoms with Crippen molar-refractivity contribution in [1.29, 1.82) is 0 Å². The highest BCUT2D eigenvalue weighted by atomic mass is 127. The molecular weight excluding hydrogens is 499 g/mol. The van der Waals surface area contributed by atoms with E-state index in [4.69, 9.17) is 0 Å². The van der Waals surface area contributed by atoms with Crippen molar-refractivity contribution in [2.75, 3.05) is 27.2 Å². The van der Waals surface area contributed by atoms with Crippen LogP contribution in [-0.4, -0.2) is 45.9 Å². The van der Waals surface area contributed by atoms with Crippen LogP contribution < -0.4 is 10.6 Å². The van der Waals surface area contributed by atoms with Crippen molar-refractivity contribution >= 4 is 40.0 Å². The Balaban J connectivity index is 0.00000420. The van der Waals surface area contributed by atoms with Crippen molar-refractivity contribution in [3.05, 3.63) is 65.7 Å². The molecule has 2 aromatic rings. The Morgan fingerprint density at radius 1 is 1.03 bits per heavy atom. The highest BCUT2D eigenvalue weighted by molar-refractivity contribution is 14.0. The number of hydrogen-bond donors (Lipinski definition) is 2. The molecule has 0 heterocycles. The molecule has 0 fully saturated rings. The quantitative estimate of drug-likeness (QED) is 0.312. The van der Waals surface area contributed by atoms with Crippen molar-refractivity contribution in [2.24, 2.45) is 4.99 Å². The summed E-state index contributed by atoms with van der Waals surface area (Å²) in [5, 5.41) is 6.57. The van der Waals surface area contributed by atoms with Gasteiger partial charge in [-0.2, -0.15) is 0 Å². The first kappa shape index (κ1) is 25.4. The molecule has 0 saturated heterocycles. The number of nitrogens with zero attached hydrogens (tertiary/aromatic N) is 2. The SMILES string of the molecule is CCNC(=NCc1ccccc1S(=O)(=O)N(C)C)NCC(C)c1ccccc1.I. The lowest BCUT2D eigenvalue weighted by Gasteiger charge is -2.17. The third kappa shape index (κ3) is 7.27. The molecule has 160 valence electrons. The van der Waals surface area contributed by atoms with E-state index < -0.39 is 10.0 Å². The van der Waals surface area contributed by atoms with Crippen LogP contribution >= 0.6 is 24.0 Å². The van der Waals surface area contributed by atoms with Gasteiger partial charge in [0, 0.05) is 27.2 Å². The molecule has 0 saturated carbocycles. The summed E-state index contributed by atoms with van der Waals surface area (Å²) in [6, 6.07) is 17.3. The number of halogens is 1. The number of rotatable bonds is 8. The lowest BCUT2D eigenvalue weighted by atomic mass is 10.0. The van der Waals surface area contributed by atoms with Crippen molar-refractivity contribution in [1.82, 2.24) is 14.9 Å². The van der Waals surface area contributed by atoms with E-state index in [2.05, 4.69) is 34.7 Å². The number of hydrogen-bond acceptors (Lipinski definition) is 3. The normalized spacial score (nSPS) is 12.9. The minimum absolute atomic E-state index is 0. The number of guanidine groups is 1. The van der Waals surface area contributed by atoms with Gasteiger partial charge in [-0.15, -0.1) is 24.0 Å². The highest BCUT2D eigenvalue weighted by Crippen LogP contribution is 2.19. The molecule has 6 nitrogen and oxygen atoms in total. The Labute approximate surface area is 191 Å². The zero-order valence-electron chi connectivity index (χ0n) is 17.4. The van der Waals surface area contributed by atoms with Gasteiger partial charge in [0.1, 0.15) is 0 Å². The summed E-state index contributed by atoms with van der Waals surface area (Å²) in [6.07, 6.45) is 0. The van der Waals surface area contributed by atoms with Gasteiger partial charge in [-0.25, -0.2) is 17.7 Å². The fraction of sp³-hybridized carbons (Fsp3) is 0.381.